The Morgan fingerprint density at radius 3 is 1.42 bits per heavy atom. The van der Waals surface area contributed by atoms with Crippen LogP contribution in [0.4, 0.5) is 0 Å². The lowest BCUT2D eigenvalue weighted by molar-refractivity contribution is 1.31. The molecule has 0 radical (unpaired) electrons. The molecule has 0 aromatic heterocycles. The van der Waals surface area contributed by atoms with Crippen LogP contribution >= 0.6 is 0 Å². The van der Waals surface area contributed by atoms with E-state index in [4.69, 9.17) is 0 Å². The van der Waals surface area contributed by atoms with Crippen LogP contribution in [-0.4, -0.2) is 0 Å². The van der Waals surface area contributed by atoms with Gasteiger partial charge in [0.05, 0.1) is 0 Å². The SMILES string of the molecule is Cc1cc(C)c(-c2cc3cccc4c5cccc6cccc(c(c2-c2c(C)cc(C)cc2C)c34)c65)c(C)c1. The Morgan fingerprint density at radius 1 is 0.368 bits per heavy atom. The van der Waals surface area contributed by atoms with Gasteiger partial charge >= 0.3 is 0 Å². The van der Waals surface area contributed by atoms with Crippen molar-refractivity contribution in [2.45, 2.75) is 41.5 Å². The van der Waals surface area contributed by atoms with Gasteiger partial charge < -0.3 is 0 Å². The second-order valence-corrected chi connectivity index (χ2v) is 11.3. The molecule has 0 saturated carbocycles. The molecule has 0 aliphatic rings. The predicted octanol–water partition coefficient (Wildman–Crippen LogP) is 10.9. The van der Waals surface area contributed by atoms with Gasteiger partial charge in [0.2, 0.25) is 0 Å². The maximum Gasteiger partial charge on any atom is -0.000765 e. The number of benzene rings is 7. The van der Waals surface area contributed by atoms with Gasteiger partial charge in [-0.2, -0.15) is 0 Å². The maximum atomic E-state index is 2.47. The van der Waals surface area contributed by atoms with E-state index in [0.29, 0.717) is 0 Å². The summed E-state index contributed by atoms with van der Waals surface area (Å²) < 4.78 is 0. The Morgan fingerprint density at radius 2 is 0.842 bits per heavy atom. The fourth-order valence-corrected chi connectivity index (χ4v) is 7.36. The Kier molecular flexibility index (Phi) is 4.94. The molecule has 7 aromatic rings. The monoisotopic (exact) mass is 488 g/mol. The smallest absolute Gasteiger partial charge is 0.000765 e. The molecule has 0 heterocycles. The molecular weight excluding hydrogens is 456 g/mol. The summed E-state index contributed by atoms with van der Waals surface area (Å²) in [6.45, 7) is 13.5. The van der Waals surface area contributed by atoms with Crippen LogP contribution in [0.15, 0.2) is 84.9 Å². The topological polar surface area (TPSA) is 0 Å². The second-order valence-electron chi connectivity index (χ2n) is 11.3. The fourth-order valence-electron chi connectivity index (χ4n) is 7.36. The van der Waals surface area contributed by atoms with Crippen molar-refractivity contribution < 1.29 is 0 Å². The van der Waals surface area contributed by atoms with E-state index in [-0.39, 0.29) is 0 Å². The molecule has 0 aliphatic carbocycles. The first-order valence-corrected chi connectivity index (χ1v) is 13.6. The Bertz CT molecular complexity index is 2020. The van der Waals surface area contributed by atoms with Crippen molar-refractivity contribution in [3.05, 3.63) is 118 Å². The van der Waals surface area contributed by atoms with Crippen molar-refractivity contribution >= 4 is 43.1 Å². The number of fused-ring (bicyclic) bond motifs is 2. The molecule has 0 bridgehead atoms. The first kappa shape index (κ1) is 23.0. The Balaban J connectivity index is 1.84. The summed E-state index contributed by atoms with van der Waals surface area (Å²) in [5.74, 6) is 0. The van der Waals surface area contributed by atoms with E-state index in [1.165, 1.54) is 98.7 Å². The zero-order valence-electron chi connectivity index (χ0n) is 23.1. The second kappa shape index (κ2) is 8.17. The molecule has 0 heteroatoms. The highest BCUT2D eigenvalue weighted by Crippen LogP contribution is 2.50. The average molecular weight is 489 g/mol. The van der Waals surface area contributed by atoms with Crippen molar-refractivity contribution in [1.82, 2.24) is 0 Å². The van der Waals surface area contributed by atoms with Gasteiger partial charge in [0.1, 0.15) is 0 Å². The van der Waals surface area contributed by atoms with Gasteiger partial charge in [-0.15, -0.1) is 0 Å². The zero-order valence-corrected chi connectivity index (χ0v) is 23.1. The Labute approximate surface area is 224 Å². The van der Waals surface area contributed by atoms with Crippen LogP contribution in [0.2, 0.25) is 0 Å². The van der Waals surface area contributed by atoms with Crippen molar-refractivity contribution in [3.63, 3.8) is 0 Å². The van der Waals surface area contributed by atoms with Gasteiger partial charge in [0.15, 0.2) is 0 Å². The van der Waals surface area contributed by atoms with Crippen LogP contribution in [0.1, 0.15) is 33.4 Å². The van der Waals surface area contributed by atoms with E-state index >= 15 is 0 Å². The molecule has 0 amide bonds. The summed E-state index contributed by atoms with van der Waals surface area (Å²) in [7, 11) is 0. The van der Waals surface area contributed by atoms with E-state index in [0.717, 1.165) is 0 Å². The highest BCUT2D eigenvalue weighted by Gasteiger charge is 2.23. The van der Waals surface area contributed by atoms with Gasteiger partial charge in [-0.05, 0) is 135 Å². The maximum absolute atomic E-state index is 2.47. The van der Waals surface area contributed by atoms with Gasteiger partial charge in [-0.1, -0.05) is 90.0 Å². The van der Waals surface area contributed by atoms with Gasteiger partial charge in [0, 0.05) is 0 Å². The standard InChI is InChI=1S/C38H32/c1-21-16-23(3)33(24(4)17-21)32-20-28-12-9-14-30-29-13-7-10-27-11-8-15-31(35(27)29)37(36(28)30)38(32)34-25(5)18-22(2)19-26(34)6/h7-20H,1-6H3. The zero-order chi connectivity index (χ0) is 26.3. The lowest BCUT2D eigenvalue weighted by Crippen LogP contribution is -1.99. The highest BCUT2D eigenvalue weighted by molar-refractivity contribution is 6.36. The summed E-state index contributed by atoms with van der Waals surface area (Å²) in [6, 6.07) is 32.3. The van der Waals surface area contributed by atoms with Crippen LogP contribution in [0.5, 0.6) is 0 Å². The molecule has 0 atom stereocenters. The molecular formula is C38H32. The molecule has 7 aromatic carbocycles. The summed E-state index contributed by atoms with van der Waals surface area (Å²) in [5, 5.41) is 10.8. The van der Waals surface area contributed by atoms with Crippen molar-refractivity contribution in [2.75, 3.05) is 0 Å². The quantitative estimate of drug-likeness (QED) is 0.168. The first-order valence-electron chi connectivity index (χ1n) is 13.6. The summed E-state index contributed by atoms with van der Waals surface area (Å²) in [5.41, 5.74) is 13.4. The number of hydrogen-bond donors (Lipinski definition) is 0. The predicted molar refractivity (Wildman–Crippen MR) is 167 cm³/mol. The van der Waals surface area contributed by atoms with E-state index in [2.05, 4.69) is 126 Å². The highest BCUT2D eigenvalue weighted by atomic mass is 14.3. The van der Waals surface area contributed by atoms with Gasteiger partial charge in [-0.25, -0.2) is 0 Å². The van der Waals surface area contributed by atoms with E-state index in [1.807, 2.05) is 0 Å². The third kappa shape index (κ3) is 3.16. The molecule has 0 nitrogen and oxygen atoms in total. The fraction of sp³-hybridized carbons (Fsp3) is 0.158. The van der Waals surface area contributed by atoms with E-state index in [1.54, 1.807) is 0 Å². The lowest BCUT2D eigenvalue weighted by Gasteiger charge is -2.24. The molecule has 0 N–H and O–H groups in total. The average Bonchev–Trinajstić information content (AvgIpc) is 2.86. The summed E-state index contributed by atoms with van der Waals surface area (Å²) in [6.07, 6.45) is 0. The number of hydrogen-bond acceptors (Lipinski definition) is 0. The molecule has 0 aliphatic heterocycles. The molecule has 7 rings (SSSR count). The first-order chi connectivity index (χ1) is 18.3. The van der Waals surface area contributed by atoms with Crippen molar-refractivity contribution in [3.8, 4) is 22.3 Å². The van der Waals surface area contributed by atoms with E-state index in [9.17, 15) is 0 Å². The minimum atomic E-state index is 1.30. The summed E-state index contributed by atoms with van der Waals surface area (Å²) in [4.78, 5) is 0. The molecule has 38 heavy (non-hydrogen) atoms. The van der Waals surface area contributed by atoms with Crippen molar-refractivity contribution in [1.29, 1.82) is 0 Å². The molecule has 0 fully saturated rings. The normalized spacial score (nSPS) is 11.9. The van der Waals surface area contributed by atoms with Crippen LogP contribution in [-0.2, 0) is 0 Å². The minimum Gasteiger partial charge on any atom is -0.0610 e. The van der Waals surface area contributed by atoms with Gasteiger partial charge in [0.25, 0.3) is 0 Å². The minimum absolute atomic E-state index is 1.30. The van der Waals surface area contributed by atoms with Crippen molar-refractivity contribution in [2.24, 2.45) is 0 Å². The van der Waals surface area contributed by atoms with Gasteiger partial charge in [-0.3, -0.25) is 0 Å². The lowest BCUT2D eigenvalue weighted by atomic mass is 9.79. The largest absolute Gasteiger partial charge is 0.0610 e. The van der Waals surface area contributed by atoms with Crippen LogP contribution in [0.3, 0.4) is 0 Å². The van der Waals surface area contributed by atoms with Crippen LogP contribution < -0.4 is 0 Å². The summed E-state index contributed by atoms with van der Waals surface area (Å²) >= 11 is 0. The molecule has 0 saturated heterocycles. The molecule has 0 unspecified atom stereocenters. The third-order valence-corrected chi connectivity index (χ3v) is 8.50. The number of aryl methyl sites for hydroxylation is 6. The van der Waals surface area contributed by atoms with Crippen LogP contribution in [0, 0.1) is 41.5 Å². The van der Waals surface area contributed by atoms with Crippen LogP contribution in [0.25, 0.3) is 65.3 Å². The number of rotatable bonds is 2. The third-order valence-electron chi connectivity index (χ3n) is 8.50. The molecule has 0 spiro atoms. The molecule has 184 valence electrons. The van der Waals surface area contributed by atoms with E-state index < -0.39 is 0 Å². The Hall–Kier alpha value is -4.16.